The molecule has 0 aliphatic carbocycles. The number of nitrogens with zero attached hydrogens (tertiary/aromatic N) is 1. The van der Waals surface area contributed by atoms with Crippen molar-refractivity contribution in [3.8, 4) is 6.07 Å². The van der Waals surface area contributed by atoms with Crippen LogP contribution in [0.1, 0.15) is 52.4 Å². The van der Waals surface area contributed by atoms with E-state index >= 15 is 0 Å². The van der Waals surface area contributed by atoms with Crippen molar-refractivity contribution in [3.63, 3.8) is 0 Å². The van der Waals surface area contributed by atoms with Gasteiger partial charge in [0.15, 0.2) is 0 Å². The average Bonchev–Trinajstić information content (AvgIpc) is 2.32. The molecule has 0 amide bonds. The maximum atomic E-state index is 8.62. The molecule has 0 atom stereocenters. The minimum absolute atomic E-state index is 0.618. The van der Waals surface area contributed by atoms with Crippen LogP contribution in [-0.4, -0.2) is 17.3 Å². The van der Waals surface area contributed by atoms with Crippen molar-refractivity contribution in [2.45, 2.75) is 52.4 Å². The smallest absolute Gasteiger partial charge is 0.0622 e. The summed E-state index contributed by atoms with van der Waals surface area (Å²) in [7, 11) is -0.618. The highest BCUT2D eigenvalue weighted by Crippen LogP contribution is 2.51. The van der Waals surface area contributed by atoms with Gasteiger partial charge in [0.25, 0.3) is 0 Å². The molecule has 16 heavy (non-hydrogen) atoms. The molecule has 0 rings (SSSR count). The second kappa shape index (κ2) is 9.78. The molecule has 0 saturated heterocycles. The van der Waals surface area contributed by atoms with Gasteiger partial charge in [-0.3, -0.25) is 0 Å². The van der Waals surface area contributed by atoms with Gasteiger partial charge < -0.3 is 0 Å². The molecule has 1 nitrogen and oxygen atoms in total. The van der Waals surface area contributed by atoms with Gasteiger partial charge in [-0.15, -0.1) is 0 Å². The Morgan fingerprint density at radius 3 is 1.94 bits per heavy atom. The molecule has 0 aromatic carbocycles. The summed E-state index contributed by atoms with van der Waals surface area (Å²) in [6.45, 7) is 8.58. The third-order valence-corrected chi connectivity index (χ3v) is 7.01. The molecule has 2 heteroatoms. The largest absolute Gasteiger partial charge is 0.222 e. The van der Waals surface area contributed by atoms with E-state index in [-0.39, 0.29) is 0 Å². The third kappa shape index (κ3) is 6.23. The fraction of sp³-hybridized carbons (Fsp3) is 0.786. The zero-order chi connectivity index (χ0) is 12.3. The SMILES string of the molecule is C=CS(CCCC)(CCCC)CCCC#N. The number of nitriles is 1. The van der Waals surface area contributed by atoms with E-state index in [9.17, 15) is 0 Å². The lowest BCUT2D eigenvalue weighted by Gasteiger charge is -2.37. The van der Waals surface area contributed by atoms with Crippen LogP contribution in [-0.2, 0) is 0 Å². The Balaban J connectivity index is 4.28. The minimum atomic E-state index is -0.618. The summed E-state index contributed by atoms with van der Waals surface area (Å²) in [5.74, 6) is 3.89. The van der Waals surface area contributed by atoms with Crippen LogP contribution in [0.4, 0.5) is 0 Å². The highest BCUT2D eigenvalue weighted by atomic mass is 32.3. The first-order chi connectivity index (χ1) is 7.74. The number of unbranched alkanes of at least 4 members (excludes halogenated alkanes) is 3. The zero-order valence-corrected chi connectivity index (χ0v) is 11.8. The van der Waals surface area contributed by atoms with Crippen LogP contribution in [0.25, 0.3) is 0 Å². The molecule has 0 bridgehead atoms. The molecule has 0 aliphatic heterocycles. The zero-order valence-electron chi connectivity index (χ0n) is 11.0. The van der Waals surface area contributed by atoms with Crippen LogP contribution in [0.5, 0.6) is 0 Å². The van der Waals surface area contributed by atoms with Crippen molar-refractivity contribution >= 4 is 10.0 Å². The van der Waals surface area contributed by atoms with Gasteiger partial charge in [-0.2, -0.15) is 5.26 Å². The Morgan fingerprint density at radius 2 is 1.56 bits per heavy atom. The Hall–Kier alpha value is -0.420. The Bertz CT molecular complexity index is 209. The molecule has 0 unspecified atom stereocenters. The van der Waals surface area contributed by atoms with E-state index in [0.29, 0.717) is 6.42 Å². The van der Waals surface area contributed by atoms with Crippen molar-refractivity contribution in [1.29, 1.82) is 5.26 Å². The molecule has 0 N–H and O–H groups in total. The van der Waals surface area contributed by atoms with Crippen LogP contribution in [0, 0.1) is 11.3 Å². The molecule has 0 aromatic rings. The highest BCUT2D eigenvalue weighted by Gasteiger charge is 2.18. The van der Waals surface area contributed by atoms with E-state index in [4.69, 9.17) is 5.26 Å². The van der Waals surface area contributed by atoms with Gasteiger partial charge in [-0.1, -0.05) is 38.7 Å². The van der Waals surface area contributed by atoms with Gasteiger partial charge in [-0.25, -0.2) is 10.0 Å². The maximum Gasteiger partial charge on any atom is 0.0622 e. The van der Waals surface area contributed by atoms with Crippen LogP contribution < -0.4 is 0 Å². The minimum Gasteiger partial charge on any atom is -0.222 e. The molecule has 0 radical (unpaired) electrons. The molecule has 0 heterocycles. The van der Waals surface area contributed by atoms with Gasteiger partial charge >= 0.3 is 0 Å². The van der Waals surface area contributed by atoms with E-state index in [1.165, 1.54) is 42.9 Å². The lowest BCUT2D eigenvalue weighted by molar-refractivity contribution is 0.862. The quantitative estimate of drug-likeness (QED) is 0.502. The van der Waals surface area contributed by atoms with E-state index in [1.54, 1.807) is 0 Å². The third-order valence-electron chi connectivity index (χ3n) is 3.00. The van der Waals surface area contributed by atoms with Crippen LogP contribution in [0.15, 0.2) is 12.0 Å². The molecule has 0 saturated carbocycles. The van der Waals surface area contributed by atoms with Crippen molar-refractivity contribution < 1.29 is 0 Å². The van der Waals surface area contributed by atoms with Gasteiger partial charge in [0, 0.05) is 6.42 Å². The van der Waals surface area contributed by atoms with Crippen LogP contribution >= 0.6 is 10.0 Å². The predicted molar refractivity (Wildman–Crippen MR) is 77.1 cm³/mol. The normalized spacial score (nSPS) is 12.1. The van der Waals surface area contributed by atoms with E-state index in [1.807, 2.05) is 0 Å². The van der Waals surface area contributed by atoms with Crippen molar-refractivity contribution in [1.82, 2.24) is 0 Å². The molecule has 0 aromatic heterocycles. The summed E-state index contributed by atoms with van der Waals surface area (Å²) in [4.78, 5) is 0. The number of hydrogen-bond acceptors (Lipinski definition) is 1. The molecular formula is C14H27NS. The van der Waals surface area contributed by atoms with Crippen LogP contribution in [0.3, 0.4) is 0 Å². The van der Waals surface area contributed by atoms with Gasteiger partial charge in [0.1, 0.15) is 0 Å². The molecular weight excluding hydrogens is 214 g/mol. The predicted octanol–water partition coefficient (Wildman–Crippen LogP) is 4.84. The summed E-state index contributed by atoms with van der Waals surface area (Å²) in [5, 5.41) is 10.9. The molecule has 0 fully saturated rings. The maximum absolute atomic E-state index is 8.62. The Labute approximate surface area is 103 Å². The summed E-state index contributed by atoms with van der Waals surface area (Å²) in [6, 6.07) is 2.26. The number of rotatable bonds is 10. The number of hydrogen-bond donors (Lipinski definition) is 0. The highest BCUT2D eigenvalue weighted by molar-refractivity contribution is 8.36. The molecule has 0 spiro atoms. The lowest BCUT2D eigenvalue weighted by Crippen LogP contribution is -2.11. The van der Waals surface area contributed by atoms with Crippen molar-refractivity contribution in [2.75, 3.05) is 17.3 Å². The lowest BCUT2D eigenvalue weighted by atomic mass is 10.4. The molecule has 94 valence electrons. The summed E-state index contributed by atoms with van der Waals surface area (Å²) < 4.78 is 0. The van der Waals surface area contributed by atoms with E-state index < -0.39 is 10.0 Å². The van der Waals surface area contributed by atoms with Crippen molar-refractivity contribution in [2.24, 2.45) is 0 Å². The standard InChI is InChI=1S/C14H27NS/c1-4-7-12-16(6-3,13-8-5-2)14-10-9-11-15/h6H,3-5,7-10,12-14H2,1-2H3. The summed E-state index contributed by atoms with van der Waals surface area (Å²) in [5.41, 5.74) is 0. The van der Waals surface area contributed by atoms with Gasteiger partial charge in [-0.05, 0) is 36.5 Å². The average molecular weight is 241 g/mol. The molecule has 0 aliphatic rings. The first-order valence-electron chi connectivity index (χ1n) is 6.50. The summed E-state index contributed by atoms with van der Waals surface area (Å²) in [6.07, 6.45) is 6.95. The second-order valence-electron chi connectivity index (χ2n) is 4.36. The van der Waals surface area contributed by atoms with Crippen molar-refractivity contribution in [3.05, 3.63) is 12.0 Å². The fourth-order valence-corrected chi connectivity index (χ4v) is 5.42. The first-order valence-corrected chi connectivity index (χ1v) is 8.70. The first kappa shape index (κ1) is 15.6. The fourth-order valence-electron chi connectivity index (χ4n) is 1.86. The summed E-state index contributed by atoms with van der Waals surface area (Å²) >= 11 is 0. The Kier molecular flexibility index (Phi) is 9.52. The van der Waals surface area contributed by atoms with E-state index in [2.05, 4.69) is 31.9 Å². The van der Waals surface area contributed by atoms with Gasteiger partial charge in [0.2, 0.25) is 0 Å². The monoisotopic (exact) mass is 241 g/mol. The van der Waals surface area contributed by atoms with Gasteiger partial charge in [0.05, 0.1) is 6.07 Å². The van der Waals surface area contributed by atoms with E-state index in [0.717, 1.165) is 6.42 Å². The Morgan fingerprint density at radius 1 is 1.06 bits per heavy atom. The van der Waals surface area contributed by atoms with Crippen LogP contribution in [0.2, 0.25) is 0 Å². The topological polar surface area (TPSA) is 23.8 Å². The second-order valence-corrected chi connectivity index (χ2v) is 8.14.